The fraction of sp³-hybridized carbons (Fsp3) is 0.368. The van der Waals surface area contributed by atoms with E-state index >= 15 is 0 Å². The predicted octanol–water partition coefficient (Wildman–Crippen LogP) is 3.90. The Bertz CT molecular complexity index is 644. The van der Waals surface area contributed by atoms with Gasteiger partial charge in [-0.3, -0.25) is 0 Å². The zero-order chi connectivity index (χ0) is 16.1. The summed E-state index contributed by atoms with van der Waals surface area (Å²) in [6.45, 7) is 2.39. The van der Waals surface area contributed by atoms with Crippen LogP contribution in [-0.4, -0.2) is 24.1 Å². The van der Waals surface area contributed by atoms with Gasteiger partial charge in [-0.25, -0.2) is 0 Å². The molecule has 0 radical (unpaired) electrons. The van der Waals surface area contributed by atoms with Crippen LogP contribution < -0.4 is 4.74 Å². The molecule has 1 saturated heterocycles. The predicted molar refractivity (Wildman–Crippen MR) is 88.3 cm³/mol. The fourth-order valence-electron chi connectivity index (χ4n) is 2.86. The van der Waals surface area contributed by atoms with E-state index in [2.05, 4.69) is 0 Å². The summed E-state index contributed by atoms with van der Waals surface area (Å²) in [5.41, 5.74) is 0.461. The van der Waals surface area contributed by atoms with E-state index in [0.717, 1.165) is 28.9 Å². The number of hydrogen-bond donors (Lipinski definition) is 0. The molecule has 1 heterocycles. The first kappa shape index (κ1) is 15.7. The van der Waals surface area contributed by atoms with Gasteiger partial charge in [0.25, 0.3) is 6.73 Å². The maximum Gasteiger partial charge on any atom is 0.296 e. The Morgan fingerprint density at radius 2 is 1.78 bits per heavy atom. The molecule has 2 aromatic carbocycles. The highest BCUT2D eigenvalue weighted by Gasteiger charge is 2.41. The molecule has 4 heteroatoms. The second kappa shape index (κ2) is 6.92. The maximum atomic E-state index is 12.0. The van der Waals surface area contributed by atoms with Gasteiger partial charge >= 0.3 is 0 Å². The van der Waals surface area contributed by atoms with Crippen molar-refractivity contribution in [2.75, 3.05) is 13.3 Å². The highest BCUT2D eigenvalue weighted by molar-refractivity contribution is 5.25. The maximum absolute atomic E-state index is 12.0. The van der Waals surface area contributed by atoms with Gasteiger partial charge < -0.3 is 9.47 Å². The van der Waals surface area contributed by atoms with Crippen LogP contribution in [0.5, 0.6) is 5.75 Å². The highest BCUT2D eigenvalue weighted by Crippen LogP contribution is 2.34. The monoisotopic (exact) mass is 312 g/mol. The van der Waals surface area contributed by atoms with E-state index in [9.17, 15) is 4.91 Å². The lowest BCUT2D eigenvalue weighted by Crippen LogP contribution is -2.36. The van der Waals surface area contributed by atoms with E-state index in [1.165, 1.54) is 0 Å². The molecule has 1 aliphatic rings. The first-order valence-corrected chi connectivity index (χ1v) is 8.01. The normalized spacial score (nSPS) is 24.9. The summed E-state index contributed by atoms with van der Waals surface area (Å²) in [4.78, 5) is 12.0. The molecule has 120 valence electrons. The van der Waals surface area contributed by atoms with Crippen LogP contribution in [0.1, 0.15) is 25.3 Å². The van der Waals surface area contributed by atoms with Gasteiger partial charge in [0.2, 0.25) is 6.04 Å². The molecule has 0 saturated carbocycles. The number of para-hydroxylation sites is 1. The fourth-order valence-corrected chi connectivity index (χ4v) is 2.86. The first-order chi connectivity index (χ1) is 11.2. The van der Waals surface area contributed by atoms with Crippen molar-refractivity contribution in [3.05, 3.63) is 71.1 Å². The molecule has 0 N–H and O–H groups in total. The lowest BCUT2D eigenvalue weighted by atomic mass is 9.88. The minimum absolute atomic E-state index is 0.0442. The number of benzene rings is 2. The lowest BCUT2D eigenvalue weighted by molar-refractivity contribution is -0.617. The lowest BCUT2D eigenvalue weighted by Gasteiger charge is -2.31. The van der Waals surface area contributed by atoms with Gasteiger partial charge in [0.1, 0.15) is 18.0 Å². The molecular weight excluding hydrogens is 290 g/mol. The Morgan fingerprint density at radius 1 is 1.13 bits per heavy atom. The third-order valence-corrected chi connectivity index (χ3v) is 4.44. The van der Waals surface area contributed by atoms with Crippen molar-refractivity contribution in [2.45, 2.75) is 31.4 Å². The average Bonchev–Trinajstić information content (AvgIpc) is 2.76. The number of nitrogens with zero attached hydrogens (tertiary/aromatic N) is 1. The molecule has 2 aromatic rings. The summed E-state index contributed by atoms with van der Waals surface area (Å²) in [6.07, 6.45) is 1.53. The van der Waals surface area contributed by atoms with Crippen LogP contribution in [0.4, 0.5) is 0 Å². The molecule has 0 aliphatic carbocycles. The number of nitroso groups, excluding NO2 is 1. The molecular formula is C19H22NO3+. The van der Waals surface area contributed by atoms with Crippen LogP contribution in [0.3, 0.4) is 0 Å². The van der Waals surface area contributed by atoms with E-state index < -0.39 is 5.60 Å². The van der Waals surface area contributed by atoms with Gasteiger partial charge in [-0.15, -0.1) is 0 Å². The molecule has 0 bridgehead atoms. The van der Waals surface area contributed by atoms with E-state index in [1.807, 2.05) is 67.6 Å². The number of ether oxygens (including phenoxy) is 2. The largest absolute Gasteiger partial charge is 0.490 e. The standard InChI is InChI=1S/C19H22NO3/c1-16-12-13-19(23-15-20(16)21,17-8-4-2-5-9-17)14-22-18-10-6-3-7-11-18/h2-11,16H,12-15H2,1H3/q+1. The van der Waals surface area contributed by atoms with Gasteiger partial charge in [-0.05, 0) is 24.1 Å². The molecule has 0 amide bonds. The minimum Gasteiger partial charge on any atom is -0.490 e. The van der Waals surface area contributed by atoms with Gasteiger partial charge in [0.15, 0.2) is 0 Å². The minimum atomic E-state index is -0.593. The molecule has 2 unspecified atom stereocenters. The Hall–Kier alpha value is -2.20. The van der Waals surface area contributed by atoms with Crippen LogP contribution in [0, 0.1) is 4.91 Å². The van der Waals surface area contributed by atoms with Crippen molar-refractivity contribution in [1.82, 2.24) is 0 Å². The highest BCUT2D eigenvalue weighted by atomic mass is 16.6. The van der Waals surface area contributed by atoms with E-state index in [-0.39, 0.29) is 12.8 Å². The summed E-state index contributed by atoms with van der Waals surface area (Å²) < 4.78 is 13.1. The van der Waals surface area contributed by atoms with Crippen molar-refractivity contribution in [3.8, 4) is 5.75 Å². The summed E-state index contributed by atoms with van der Waals surface area (Å²) in [5, 5.41) is 0. The molecule has 2 atom stereocenters. The van der Waals surface area contributed by atoms with Crippen LogP contribution >= 0.6 is 0 Å². The molecule has 4 nitrogen and oxygen atoms in total. The van der Waals surface area contributed by atoms with E-state index in [4.69, 9.17) is 9.47 Å². The Kier molecular flexibility index (Phi) is 4.72. The third kappa shape index (κ3) is 3.59. The van der Waals surface area contributed by atoms with Crippen molar-refractivity contribution in [3.63, 3.8) is 0 Å². The quantitative estimate of drug-likeness (QED) is 0.804. The zero-order valence-electron chi connectivity index (χ0n) is 13.4. The molecule has 23 heavy (non-hydrogen) atoms. The van der Waals surface area contributed by atoms with E-state index in [1.54, 1.807) is 0 Å². The number of hydrogen-bond acceptors (Lipinski definition) is 3. The SMILES string of the molecule is CC1CCC(COc2ccccc2)(c2ccccc2)OC[N+]1=O. The average molecular weight is 312 g/mol. The molecule has 1 aliphatic heterocycles. The molecule has 1 fully saturated rings. The van der Waals surface area contributed by atoms with Crippen molar-refractivity contribution < 1.29 is 14.2 Å². The van der Waals surface area contributed by atoms with Gasteiger partial charge in [-0.1, -0.05) is 48.5 Å². The molecule has 3 rings (SSSR count). The summed E-state index contributed by atoms with van der Waals surface area (Å²) in [6, 6.07) is 19.7. The van der Waals surface area contributed by atoms with E-state index in [0.29, 0.717) is 6.61 Å². The second-order valence-corrected chi connectivity index (χ2v) is 6.04. The smallest absolute Gasteiger partial charge is 0.296 e. The third-order valence-electron chi connectivity index (χ3n) is 4.44. The Labute approximate surface area is 136 Å². The summed E-state index contributed by atoms with van der Waals surface area (Å²) in [7, 11) is 0. The van der Waals surface area contributed by atoms with Crippen LogP contribution in [0.25, 0.3) is 0 Å². The second-order valence-electron chi connectivity index (χ2n) is 6.04. The van der Waals surface area contributed by atoms with Crippen LogP contribution in [0.15, 0.2) is 60.7 Å². The summed E-state index contributed by atoms with van der Waals surface area (Å²) >= 11 is 0. The number of rotatable bonds is 4. The first-order valence-electron chi connectivity index (χ1n) is 8.01. The summed E-state index contributed by atoms with van der Waals surface area (Å²) in [5.74, 6) is 0.808. The van der Waals surface area contributed by atoms with Gasteiger partial charge in [0, 0.05) is 23.0 Å². The zero-order valence-corrected chi connectivity index (χ0v) is 13.4. The van der Waals surface area contributed by atoms with Crippen molar-refractivity contribution >= 4 is 0 Å². The molecule has 0 aromatic heterocycles. The van der Waals surface area contributed by atoms with Gasteiger partial charge in [0.05, 0.1) is 0 Å². The van der Waals surface area contributed by atoms with Crippen LogP contribution in [0.2, 0.25) is 0 Å². The Morgan fingerprint density at radius 3 is 2.48 bits per heavy atom. The Balaban J connectivity index is 1.86. The van der Waals surface area contributed by atoms with Crippen LogP contribution in [-0.2, 0) is 10.3 Å². The van der Waals surface area contributed by atoms with Crippen molar-refractivity contribution in [2.24, 2.45) is 0 Å². The topological polar surface area (TPSA) is 38.5 Å². The van der Waals surface area contributed by atoms with Gasteiger partial charge in [-0.2, -0.15) is 0 Å². The molecule has 0 spiro atoms. The van der Waals surface area contributed by atoms with Crippen molar-refractivity contribution in [1.29, 1.82) is 0 Å².